The molecule has 1 rings (SSSR count). The summed E-state index contributed by atoms with van der Waals surface area (Å²) in [6.07, 6.45) is -4.26. The van der Waals surface area contributed by atoms with Crippen LogP contribution in [0.4, 0.5) is 13.2 Å². The van der Waals surface area contributed by atoms with Crippen LogP contribution in [0.1, 0.15) is 25.1 Å². The molecule has 2 N–H and O–H groups in total. The number of rotatable bonds is 5. The second-order valence-electron chi connectivity index (χ2n) is 3.78. The summed E-state index contributed by atoms with van der Waals surface area (Å²) in [4.78, 5) is 3.66. The summed E-state index contributed by atoms with van der Waals surface area (Å²) in [6, 6.07) is 0. The quantitative estimate of drug-likeness (QED) is 0.846. The van der Waals surface area contributed by atoms with Crippen molar-refractivity contribution >= 4 is 0 Å². The highest BCUT2D eigenvalue weighted by Gasteiger charge is 2.30. The van der Waals surface area contributed by atoms with Gasteiger partial charge in [-0.3, -0.25) is 0 Å². The maximum atomic E-state index is 12.0. The fraction of sp³-hybridized carbons (Fsp3) is 0.778. The molecule has 0 fully saturated rings. The van der Waals surface area contributed by atoms with Crippen LogP contribution in [0.25, 0.3) is 0 Å². The van der Waals surface area contributed by atoms with Gasteiger partial charge in [0.2, 0.25) is 5.89 Å². The van der Waals surface area contributed by atoms with E-state index in [1.165, 1.54) is 0 Å². The van der Waals surface area contributed by atoms with Gasteiger partial charge >= 0.3 is 6.18 Å². The third-order valence-electron chi connectivity index (χ3n) is 2.12. The molecule has 0 saturated carbocycles. The minimum absolute atomic E-state index is 0.236. The SMILES string of the molecule is CC(CN)CCc1nc(CC(F)(F)F)no1. The molecule has 0 aromatic carbocycles. The largest absolute Gasteiger partial charge is 0.396 e. The standard InChI is InChI=1S/C9H14F3N3O/c1-6(5-13)2-3-8-14-7(15-16-8)4-9(10,11)12/h6H,2-5,13H2,1H3. The number of nitrogens with two attached hydrogens (primary N) is 1. The second kappa shape index (κ2) is 5.29. The van der Waals surface area contributed by atoms with Crippen LogP contribution in [-0.4, -0.2) is 22.9 Å². The average Bonchev–Trinajstić information content (AvgIpc) is 2.59. The first kappa shape index (κ1) is 13.0. The number of hydrogen-bond acceptors (Lipinski definition) is 4. The number of nitrogens with zero attached hydrogens (tertiary/aromatic N) is 2. The zero-order valence-electron chi connectivity index (χ0n) is 8.92. The molecule has 0 aliphatic rings. The van der Waals surface area contributed by atoms with E-state index in [9.17, 15) is 13.2 Å². The van der Waals surface area contributed by atoms with Gasteiger partial charge in [-0.15, -0.1) is 0 Å². The van der Waals surface area contributed by atoms with Crippen molar-refractivity contribution < 1.29 is 17.7 Å². The van der Waals surface area contributed by atoms with E-state index < -0.39 is 12.6 Å². The number of aryl methyl sites for hydroxylation is 1. The van der Waals surface area contributed by atoms with E-state index in [1.54, 1.807) is 0 Å². The van der Waals surface area contributed by atoms with Crippen LogP contribution in [-0.2, 0) is 12.8 Å². The Kier molecular flexibility index (Phi) is 4.28. The van der Waals surface area contributed by atoms with Crippen molar-refractivity contribution in [1.29, 1.82) is 0 Å². The number of alkyl halides is 3. The predicted octanol–water partition coefficient (Wildman–Crippen LogP) is 1.70. The van der Waals surface area contributed by atoms with Crippen LogP contribution in [0.3, 0.4) is 0 Å². The summed E-state index contributed by atoms with van der Waals surface area (Å²) >= 11 is 0. The van der Waals surface area contributed by atoms with Gasteiger partial charge in [0.15, 0.2) is 5.82 Å². The lowest BCUT2D eigenvalue weighted by molar-refractivity contribution is -0.128. The van der Waals surface area contributed by atoms with E-state index in [4.69, 9.17) is 10.3 Å². The van der Waals surface area contributed by atoms with E-state index >= 15 is 0 Å². The van der Waals surface area contributed by atoms with Gasteiger partial charge in [0.25, 0.3) is 0 Å². The minimum Gasteiger partial charge on any atom is -0.339 e. The summed E-state index contributed by atoms with van der Waals surface area (Å²) in [5.74, 6) is 0.209. The van der Waals surface area contributed by atoms with Crippen molar-refractivity contribution in [2.24, 2.45) is 11.7 Å². The van der Waals surface area contributed by atoms with Crippen LogP contribution in [0.5, 0.6) is 0 Å². The molecule has 0 radical (unpaired) electrons. The first-order chi connectivity index (χ1) is 7.40. The summed E-state index contributed by atoms with van der Waals surface area (Å²) in [5, 5.41) is 3.27. The minimum atomic E-state index is -4.30. The molecule has 1 aromatic rings. The lowest BCUT2D eigenvalue weighted by atomic mass is 10.1. The fourth-order valence-corrected chi connectivity index (χ4v) is 1.13. The molecule has 7 heteroatoms. The lowest BCUT2D eigenvalue weighted by Crippen LogP contribution is -2.13. The topological polar surface area (TPSA) is 64.9 Å². The fourth-order valence-electron chi connectivity index (χ4n) is 1.13. The first-order valence-electron chi connectivity index (χ1n) is 4.99. The summed E-state index contributed by atoms with van der Waals surface area (Å²) in [6.45, 7) is 2.48. The maximum Gasteiger partial charge on any atom is 0.396 e. The monoisotopic (exact) mass is 237 g/mol. The van der Waals surface area contributed by atoms with E-state index in [2.05, 4.69) is 10.1 Å². The van der Waals surface area contributed by atoms with E-state index in [1.807, 2.05) is 6.92 Å². The van der Waals surface area contributed by atoms with Gasteiger partial charge < -0.3 is 10.3 Å². The molecular weight excluding hydrogens is 223 g/mol. The Hall–Kier alpha value is -1.11. The van der Waals surface area contributed by atoms with E-state index in [0.29, 0.717) is 13.0 Å². The highest BCUT2D eigenvalue weighted by Crippen LogP contribution is 2.19. The Morgan fingerprint density at radius 2 is 2.12 bits per heavy atom. The number of aromatic nitrogens is 2. The van der Waals surface area contributed by atoms with Crippen LogP contribution < -0.4 is 5.73 Å². The summed E-state index contributed by atoms with van der Waals surface area (Å²) < 4.78 is 40.6. The van der Waals surface area contributed by atoms with Crippen LogP contribution in [0.15, 0.2) is 4.52 Å². The molecule has 4 nitrogen and oxygen atoms in total. The van der Waals surface area contributed by atoms with Crippen molar-refractivity contribution in [2.75, 3.05) is 6.54 Å². The van der Waals surface area contributed by atoms with Crippen molar-refractivity contribution in [2.45, 2.75) is 32.4 Å². The zero-order valence-corrected chi connectivity index (χ0v) is 8.92. The van der Waals surface area contributed by atoms with Gasteiger partial charge in [-0.25, -0.2) is 0 Å². The molecule has 92 valence electrons. The maximum absolute atomic E-state index is 12.0. The molecule has 0 spiro atoms. The molecule has 0 saturated heterocycles. The smallest absolute Gasteiger partial charge is 0.339 e. The molecule has 1 atom stereocenters. The molecule has 1 unspecified atom stereocenters. The molecule has 0 aliphatic carbocycles. The Bertz CT molecular complexity index is 324. The van der Waals surface area contributed by atoms with Crippen LogP contribution >= 0.6 is 0 Å². The predicted molar refractivity (Wildman–Crippen MR) is 50.6 cm³/mol. The molecule has 0 amide bonds. The molecule has 16 heavy (non-hydrogen) atoms. The van der Waals surface area contributed by atoms with Gasteiger partial charge in [-0.05, 0) is 18.9 Å². The first-order valence-corrected chi connectivity index (χ1v) is 4.99. The third-order valence-corrected chi connectivity index (χ3v) is 2.12. The number of halogens is 3. The molecule has 0 aliphatic heterocycles. The van der Waals surface area contributed by atoms with Crippen molar-refractivity contribution in [1.82, 2.24) is 10.1 Å². The third kappa shape index (κ3) is 4.61. The van der Waals surface area contributed by atoms with Crippen molar-refractivity contribution in [3.05, 3.63) is 11.7 Å². The highest BCUT2D eigenvalue weighted by molar-refractivity contribution is 4.89. The van der Waals surface area contributed by atoms with Gasteiger partial charge in [0.05, 0.1) is 0 Å². The molecule has 1 aromatic heterocycles. The van der Waals surface area contributed by atoms with Gasteiger partial charge in [-0.2, -0.15) is 18.2 Å². The zero-order chi connectivity index (χ0) is 12.2. The molecular formula is C9H14F3N3O. The van der Waals surface area contributed by atoms with Crippen molar-refractivity contribution in [3.8, 4) is 0 Å². The highest BCUT2D eigenvalue weighted by atomic mass is 19.4. The Labute approximate surface area is 91.0 Å². The van der Waals surface area contributed by atoms with E-state index in [0.717, 1.165) is 6.42 Å². The second-order valence-corrected chi connectivity index (χ2v) is 3.78. The Morgan fingerprint density at radius 3 is 2.69 bits per heavy atom. The molecule has 1 heterocycles. The van der Waals surface area contributed by atoms with Gasteiger partial charge in [0.1, 0.15) is 6.42 Å². The van der Waals surface area contributed by atoms with Crippen molar-refractivity contribution in [3.63, 3.8) is 0 Å². The van der Waals surface area contributed by atoms with Crippen LogP contribution in [0, 0.1) is 5.92 Å². The average molecular weight is 237 g/mol. The lowest BCUT2D eigenvalue weighted by Gasteiger charge is -2.04. The summed E-state index contributed by atoms with van der Waals surface area (Å²) in [5.41, 5.74) is 5.41. The number of hydrogen-bond donors (Lipinski definition) is 1. The Morgan fingerprint density at radius 1 is 1.44 bits per heavy atom. The van der Waals surface area contributed by atoms with Gasteiger partial charge in [-0.1, -0.05) is 12.1 Å². The summed E-state index contributed by atoms with van der Waals surface area (Å²) in [7, 11) is 0. The van der Waals surface area contributed by atoms with Gasteiger partial charge in [0, 0.05) is 6.42 Å². The Balaban J connectivity index is 2.45. The molecule has 0 bridgehead atoms. The normalized spacial score (nSPS) is 14.1. The van der Waals surface area contributed by atoms with Crippen LogP contribution in [0.2, 0.25) is 0 Å². The van der Waals surface area contributed by atoms with E-state index in [-0.39, 0.29) is 17.6 Å².